The van der Waals surface area contributed by atoms with Crippen molar-refractivity contribution >= 4 is 23.1 Å². The van der Waals surface area contributed by atoms with Gasteiger partial charge in [0.2, 0.25) is 0 Å². The highest BCUT2D eigenvalue weighted by Gasteiger charge is 2.23. The molecule has 3 nitrogen and oxygen atoms in total. The van der Waals surface area contributed by atoms with Gasteiger partial charge < -0.3 is 5.32 Å². The molecule has 2 heterocycles. The summed E-state index contributed by atoms with van der Waals surface area (Å²) in [6.07, 6.45) is 3.30. The lowest BCUT2D eigenvalue weighted by Gasteiger charge is -2.18. The lowest BCUT2D eigenvalue weighted by molar-refractivity contribution is 0.102. The molecule has 1 aliphatic carbocycles. The number of hydrogen-bond acceptors (Lipinski definition) is 3. The van der Waals surface area contributed by atoms with Gasteiger partial charge in [0.05, 0.1) is 5.56 Å². The summed E-state index contributed by atoms with van der Waals surface area (Å²) in [5, 5.41) is 4.90. The van der Waals surface area contributed by atoms with Gasteiger partial charge >= 0.3 is 0 Å². The van der Waals surface area contributed by atoms with Crippen LogP contribution in [0.5, 0.6) is 0 Å². The maximum atomic E-state index is 12.4. The van der Waals surface area contributed by atoms with Crippen molar-refractivity contribution in [1.82, 2.24) is 4.98 Å². The van der Waals surface area contributed by atoms with E-state index in [1.807, 2.05) is 30.5 Å². The van der Waals surface area contributed by atoms with Gasteiger partial charge in [-0.2, -0.15) is 0 Å². The van der Waals surface area contributed by atoms with Crippen LogP contribution in [0, 0.1) is 12.8 Å². The molecule has 1 atom stereocenters. The van der Waals surface area contributed by atoms with Crippen LogP contribution < -0.4 is 5.32 Å². The summed E-state index contributed by atoms with van der Waals surface area (Å²) in [6.45, 7) is 4.20. The summed E-state index contributed by atoms with van der Waals surface area (Å²) in [5.41, 5.74) is 2.99. The number of anilines is 1. The van der Waals surface area contributed by atoms with Crippen LogP contribution in [0.25, 0.3) is 0 Å². The molecule has 1 unspecified atom stereocenters. The molecule has 2 aromatic rings. The number of nitrogens with one attached hydrogen (secondary N) is 1. The summed E-state index contributed by atoms with van der Waals surface area (Å²) in [7, 11) is 0. The first-order valence-corrected chi connectivity index (χ1v) is 7.85. The quantitative estimate of drug-likeness (QED) is 0.911. The van der Waals surface area contributed by atoms with Crippen LogP contribution in [-0.4, -0.2) is 10.9 Å². The highest BCUT2D eigenvalue weighted by atomic mass is 32.1. The van der Waals surface area contributed by atoms with E-state index in [2.05, 4.69) is 17.2 Å². The Morgan fingerprint density at radius 2 is 2.30 bits per heavy atom. The number of aryl methyl sites for hydroxylation is 1. The van der Waals surface area contributed by atoms with E-state index >= 15 is 0 Å². The number of fused-ring (bicyclic) bond motifs is 1. The van der Waals surface area contributed by atoms with Crippen molar-refractivity contribution in [2.24, 2.45) is 5.92 Å². The molecule has 20 heavy (non-hydrogen) atoms. The van der Waals surface area contributed by atoms with Crippen molar-refractivity contribution in [3.63, 3.8) is 0 Å². The third-order valence-electron chi connectivity index (χ3n) is 3.78. The lowest BCUT2D eigenvalue weighted by atomic mass is 9.88. The number of aromatic nitrogens is 1. The molecule has 1 N–H and O–H groups in total. The van der Waals surface area contributed by atoms with E-state index in [4.69, 9.17) is 0 Å². The van der Waals surface area contributed by atoms with Crippen LogP contribution in [0.3, 0.4) is 0 Å². The van der Waals surface area contributed by atoms with Gasteiger partial charge in [-0.3, -0.25) is 4.79 Å². The third kappa shape index (κ3) is 2.61. The second-order valence-corrected chi connectivity index (χ2v) is 6.48. The topological polar surface area (TPSA) is 42.0 Å². The summed E-state index contributed by atoms with van der Waals surface area (Å²) >= 11 is 1.72. The zero-order valence-corrected chi connectivity index (χ0v) is 12.6. The number of carbonyl (C=O) groups excluding carboxylic acids is 1. The van der Waals surface area contributed by atoms with E-state index in [9.17, 15) is 4.79 Å². The van der Waals surface area contributed by atoms with E-state index in [-0.39, 0.29) is 5.91 Å². The van der Waals surface area contributed by atoms with Gasteiger partial charge in [-0.25, -0.2) is 4.98 Å². The Hall–Kier alpha value is -1.68. The Morgan fingerprint density at radius 3 is 3.10 bits per heavy atom. The number of rotatable bonds is 2. The smallest absolute Gasteiger partial charge is 0.257 e. The van der Waals surface area contributed by atoms with Crippen molar-refractivity contribution < 1.29 is 4.79 Å². The van der Waals surface area contributed by atoms with E-state index < -0.39 is 0 Å². The van der Waals surface area contributed by atoms with Crippen LogP contribution >= 0.6 is 11.3 Å². The van der Waals surface area contributed by atoms with E-state index in [0.717, 1.165) is 30.0 Å². The highest BCUT2D eigenvalue weighted by Crippen LogP contribution is 2.33. The van der Waals surface area contributed by atoms with Crippen LogP contribution in [0.15, 0.2) is 23.6 Å². The molecule has 1 aliphatic rings. The molecular formula is C16H18N2OS. The van der Waals surface area contributed by atoms with Crippen LogP contribution in [0.2, 0.25) is 0 Å². The predicted octanol–water partition coefficient (Wildman–Crippen LogP) is 3.83. The first-order valence-electron chi connectivity index (χ1n) is 6.97. The van der Waals surface area contributed by atoms with Crippen molar-refractivity contribution in [3.05, 3.63) is 45.3 Å². The minimum Gasteiger partial charge on any atom is -0.307 e. The molecule has 0 radical (unpaired) electrons. The van der Waals surface area contributed by atoms with E-state index in [0.29, 0.717) is 5.82 Å². The normalized spacial score (nSPS) is 17.6. The molecule has 2 aromatic heterocycles. The monoisotopic (exact) mass is 286 g/mol. The summed E-state index contributed by atoms with van der Waals surface area (Å²) in [6, 6.07) is 5.65. The SMILES string of the molecule is Cc1cccc(NC(=O)c2csc3c2CCC(C)C3)n1. The molecule has 104 valence electrons. The van der Waals surface area contributed by atoms with Gasteiger partial charge in [0.15, 0.2) is 0 Å². The van der Waals surface area contributed by atoms with Crippen molar-refractivity contribution in [2.45, 2.75) is 33.1 Å². The number of nitrogens with zero attached hydrogens (tertiary/aromatic N) is 1. The van der Waals surface area contributed by atoms with Gasteiger partial charge in [-0.1, -0.05) is 13.0 Å². The molecule has 0 aromatic carbocycles. The van der Waals surface area contributed by atoms with Gasteiger partial charge in [0.1, 0.15) is 5.82 Å². The first kappa shape index (κ1) is 13.3. The standard InChI is InChI=1S/C16H18N2OS/c1-10-6-7-12-13(9-20-14(12)8-10)16(19)18-15-5-3-4-11(2)17-15/h3-5,9-10H,6-8H2,1-2H3,(H,17,18,19). The summed E-state index contributed by atoms with van der Waals surface area (Å²) in [4.78, 5) is 18.1. The van der Waals surface area contributed by atoms with Gasteiger partial charge in [0.25, 0.3) is 5.91 Å². The molecule has 3 rings (SSSR count). The largest absolute Gasteiger partial charge is 0.307 e. The number of amides is 1. The molecule has 0 spiro atoms. The molecule has 0 saturated heterocycles. The number of pyridine rings is 1. The molecular weight excluding hydrogens is 268 g/mol. The van der Waals surface area contributed by atoms with E-state index in [1.165, 1.54) is 16.9 Å². The van der Waals surface area contributed by atoms with E-state index in [1.54, 1.807) is 11.3 Å². The molecule has 0 aliphatic heterocycles. The number of thiophene rings is 1. The van der Waals surface area contributed by atoms with Crippen LogP contribution in [-0.2, 0) is 12.8 Å². The first-order chi connectivity index (χ1) is 9.63. The van der Waals surface area contributed by atoms with Gasteiger partial charge in [-0.05, 0) is 49.8 Å². The fourth-order valence-electron chi connectivity index (χ4n) is 2.66. The Balaban J connectivity index is 1.81. The molecule has 4 heteroatoms. The zero-order chi connectivity index (χ0) is 14.1. The molecule has 0 bridgehead atoms. The fraction of sp³-hybridized carbons (Fsp3) is 0.375. The Labute approximate surface area is 123 Å². The van der Waals surface area contributed by atoms with Gasteiger partial charge in [-0.15, -0.1) is 11.3 Å². The van der Waals surface area contributed by atoms with Crippen molar-refractivity contribution in [2.75, 3.05) is 5.32 Å². The Morgan fingerprint density at radius 1 is 1.45 bits per heavy atom. The number of hydrogen-bond donors (Lipinski definition) is 1. The Bertz CT molecular complexity index is 648. The van der Waals surface area contributed by atoms with Crippen molar-refractivity contribution in [3.8, 4) is 0 Å². The van der Waals surface area contributed by atoms with Crippen LogP contribution in [0.1, 0.15) is 39.8 Å². The average molecular weight is 286 g/mol. The molecule has 0 saturated carbocycles. The second-order valence-electron chi connectivity index (χ2n) is 5.52. The fourth-order valence-corrected chi connectivity index (χ4v) is 3.91. The summed E-state index contributed by atoms with van der Waals surface area (Å²) in [5.74, 6) is 1.32. The zero-order valence-electron chi connectivity index (χ0n) is 11.8. The minimum absolute atomic E-state index is 0.0323. The van der Waals surface area contributed by atoms with Gasteiger partial charge in [0, 0.05) is 16.0 Å². The Kier molecular flexibility index (Phi) is 3.57. The molecule has 1 amide bonds. The summed E-state index contributed by atoms with van der Waals surface area (Å²) < 4.78 is 0. The maximum absolute atomic E-state index is 12.4. The second kappa shape index (κ2) is 5.37. The molecule has 0 fully saturated rings. The highest BCUT2D eigenvalue weighted by molar-refractivity contribution is 7.10. The third-order valence-corrected chi connectivity index (χ3v) is 4.83. The lowest BCUT2D eigenvalue weighted by Crippen LogP contribution is -2.17. The predicted molar refractivity (Wildman–Crippen MR) is 82.4 cm³/mol. The average Bonchev–Trinajstić information content (AvgIpc) is 2.81. The minimum atomic E-state index is -0.0323. The van der Waals surface area contributed by atoms with Crippen molar-refractivity contribution in [1.29, 1.82) is 0 Å². The maximum Gasteiger partial charge on any atom is 0.257 e. The van der Waals surface area contributed by atoms with Crippen LogP contribution in [0.4, 0.5) is 5.82 Å². The number of carbonyl (C=O) groups is 1.